The molecule has 0 radical (unpaired) electrons. The monoisotopic (exact) mass is 292 g/mol. The first kappa shape index (κ1) is 17.5. The second kappa shape index (κ2) is 7.46. The lowest BCUT2D eigenvalue weighted by molar-refractivity contribution is 0.0524. The highest BCUT2D eigenvalue weighted by Gasteiger charge is 2.17. The molecular formula is C17H28N2O2. The number of hydrogen-bond donors (Lipinski definition) is 2. The van der Waals surface area contributed by atoms with Crippen LogP contribution in [-0.2, 0) is 4.74 Å². The molecule has 1 aromatic rings. The van der Waals surface area contributed by atoms with Crippen LogP contribution in [0.4, 0.5) is 4.79 Å². The van der Waals surface area contributed by atoms with Gasteiger partial charge in [0.05, 0.1) is 0 Å². The topological polar surface area (TPSA) is 64.3 Å². The van der Waals surface area contributed by atoms with E-state index in [1.807, 2.05) is 32.9 Å². The third kappa shape index (κ3) is 6.17. The molecule has 0 aliphatic heterocycles. The lowest BCUT2D eigenvalue weighted by Gasteiger charge is -2.21. The Labute approximate surface area is 128 Å². The fourth-order valence-electron chi connectivity index (χ4n) is 1.93. The molecule has 1 amide bonds. The second-order valence-electron chi connectivity index (χ2n) is 6.47. The van der Waals surface area contributed by atoms with E-state index in [1.54, 1.807) is 0 Å². The van der Waals surface area contributed by atoms with Gasteiger partial charge in [0.2, 0.25) is 0 Å². The molecule has 0 aromatic heterocycles. The summed E-state index contributed by atoms with van der Waals surface area (Å²) in [7, 11) is 0. The molecule has 1 rings (SSSR count). The van der Waals surface area contributed by atoms with Crippen molar-refractivity contribution >= 4 is 6.09 Å². The third-order valence-corrected chi connectivity index (χ3v) is 3.41. The second-order valence-corrected chi connectivity index (χ2v) is 6.47. The van der Waals surface area contributed by atoms with Crippen molar-refractivity contribution in [2.75, 3.05) is 6.54 Å². The lowest BCUT2D eigenvalue weighted by Crippen LogP contribution is -2.36. The van der Waals surface area contributed by atoms with Gasteiger partial charge in [-0.05, 0) is 44.2 Å². The van der Waals surface area contributed by atoms with Crippen molar-refractivity contribution in [2.24, 2.45) is 5.73 Å². The van der Waals surface area contributed by atoms with Crippen molar-refractivity contribution in [3.05, 3.63) is 35.4 Å². The maximum Gasteiger partial charge on any atom is 0.407 e. The van der Waals surface area contributed by atoms with Crippen LogP contribution in [0.15, 0.2) is 24.3 Å². The van der Waals surface area contributed by atoms with E-state index >= 15 is 0 Å². The highest BCUT2D eigenvalue weighted by atomic mass is 16.6. The summed E-state index contributed by atoms with van der Waals surface area (Å²) in [5.41, 5.74) is 7.93. The average Bonchev–Trinajstić information content (AvgIpc) is 2.42. The molecule has 118 valence electrons. The van der Waals surface area contributed by atoms with Crippen molar-refractivity contribution in [3.63, 3.8) is 0 Å². The van der Waals surface area contributed by atoms with Crippen molar-refractivity contribution in [2.45, 2.75) is 58.6 Å². The predicted molar refractivity (Wildman–Crippen MR) is 86.3 cm³/mol. The van der Waals surface area contributed by atoms with Crippen molar-refractivity contribution in [1.82, 2.24) is 5.32 Å². The van der Waals surface area contributed by atoms with Gasteiger partial charge in [-0.2, -0.15) is 0 Å². The van der Waals surface area contributed by atoms with Crippen LogP contribution >= 0.6 is 0 Å². The van der Waals surface area contributed by atoms with Crippen LogP contribution in [0, 0.1) is 0 Å². The fraction of sp³-hybridized carbons (Fsp3) is 0.588. The molecule has 0 bridgehead atoms. The Hall–Kier alpha value is -1.55. The molecule has 0 aliphatic carbocycles. The van der Waals surface area contributed by atoms with E-state index in [4.69, 9.17) is 10.5 Å². The van der Waals surface area contributed by atoms with Crippen LogP contribution in [0.3, 0.4) is 0 Å². The number of hydrogen-bond acceptors (Lipinski definition) is 3. The van der Waals surface area contributed by atoms with Crippen molar-refractivity contribution in [1.29, 1.82) is 0 Å². The van der Waals surface area contributed by atoms with Crippen LogP contribution in [0.2, 0.25) is 0 Å². The number of rotatable bonds is 5. The van der Waals surface area contributed by atoms with E-state index in [-0.39, 0.29) is 6.04 Å². The summed E-state index contributed by atoms with van der Waals surface area (Å²) in [5.74, 6) is 0.551. The first-order chi connectivity index (χ1) is 9.73. The number of alkyl carbamates (subject to hydrolysis) is 1. The van der Waals surface area contributed by atoms with Gasteiger partial charge in [0.1, 0.15) is 5.60 Å². The molecule has 21 heavy (non-hydrogen) atoms. The molecular weight excluding hydrogens is 264 g/mol. The normalized spacial score (nSPS) is 14.4. The summed E-state index contributed by atoms with van der Waals surface area (Å²) < 4.78 is 5.18. The van der Waals surface area contributed by atoms with Crippen molar-refractivity contribution in [3.8, 4) is 0 Å². The molecule has 0 saturated carbocycles. The zero-order chi connectivity index (χ0) is 16.0. The number of carbonyl (C=O) groups excluding carboxylic acids is 1. The fourth-order valence-corrected chi connectivity index (χ4v) is 1.93. The van der Waals surface area contributed by atoms with Gasteiger partial charge in [-0.25, -0.2) is 4.79 Å². The average molecular weight is 292 g/mol. The zero-order valence-electron chi connectivity index (χ0n) is 13.8. The molecule has 2 unspecified atom stereocenters. The van der Waals surface area contributed by atoms with E-state index in [0.717, 1.165) is 12.0 Å². The number of carbonyl (C=O) groups is 1. The number of amides is 1. The van der Waals surface area contributed by atoms with E-state index in [2.05, 4.69) is 31.3 Å². The molecule has 2 atom stereocenters. The van der Waals surface area contributed by atoms with Gasteiger partial charge in [0.25, 0.3) is 0 Å². The number of ether oxygens (including phenoxy) is 1. The van der Waals surface area contributed by atoms with E-state index in [0.29, 0.717) is 12.5 Å². The van der Waals surface area contributed by atoms with Crippen LogP contribution in [0.1, 0.15) is 64.1 Å². The molecule has 4 nitrogen and oxygen atoms in total. The molecule has 0 spiro atoms. The molecule has 0 heterocycles. The third-order valence-electron chi connectivity index (χ3n) is 3.41. The number of nitrogens with one attached hydrogen (secondary N) is 1. The van der Waals surface area contributed by atoms with Crippen LogP contribution in [0.25, 0.3) is 0 Å². The van der Waals surface area contributed by atoms with Crippen LogP contribution in [-0.4, -0.2) is 18.2 Å². The number of nitrogens with two attached hydrogens (primary N) is 1. The Kier molecular flexibility index (Phi) is 6.21. The zero-order valence-corrected chi connectivity index (χ0v) is 13.8. The molecule has 4 heteroatoms. The molecule has 0 saturated heterocycles. The summed E-state index contributed by atoms with van der Waals surface area (Å²) in [5, 5.41) is 2.70. The van der Waals surface area contributed by atoms with Gasteiger partial charge < -0.3 is 15.8 Å². The quantitative estimate of drug-likeness (QED) is 0.869. The van der Waals surface area contributed by atoms with Gasteiger partial charge in [-0.1, -0.05) is 38.1 Å². The maximum absolute atomic E-state index is 11.6. The summed E-state index contributed by atoms with van der Waals surface area (Å²) in [6.45, 7) is 10.2. The van der Waals surface area contributed by atoms with E-state index < -0.39 is 11.7 Å². The minimum absolute atomic E-state index is 0.233. The summed E-state index contributed by atoms with van der Waals surface area (Å²) in [6, 6.07) is 8.04. The summed E-state index contributed by atoms with van der Waals surface area (Å²) >= 11 is 0. The highest BCUT2D eigenvalue weighted by Crippen LogP contribution is 2.20. The van der Waals surface area contributed by atoms with Gasteiger partial charge in [0.15, 0.2) is 0 Å². The Morgan fingerprint density at radius 1 is 1.24 bits per heavy atom. The molecule has 0 aliphatic rings. The Bertz CT molecular complexity index is 449. The van der Waals surface area contributed by atoms with Gasteiger partial charge >= 0.3 is 6.09 Å². The van der Waals surface area contributed by atoms with Gasteiger partial charge in [-0.3, -0.25) is 0 Å². The van der Waals surface area contributed by atoms with Gasteiger partial charge in [0, 0.05) is 12.6 Å². The van der Waals surface area contributed by atoms with Crippen molar-refractivity contribution < 1.29 is 9.53 Å². The van der Waals surface area contributed by atoms with Crippen LogP contribution < -0.4 is 11.1 Å². The maximum atomic E-state index is 11.6. The smallest absolute Gasteiger partial charge is 0.407 e. The summed E-state index contributed by atoms with van der Waals surface area (Å²) in [4.78, 5) is 11.6. The Morgan fingerprint density at radius 2 is 1.76 bits per heavy atom. The minimum atomic E-state index is -0.494. The predicted octanol–water partition coefficient (Wildman–Crippen LogP) is 3.72. The minimum Gasteiger partial charge on any atom is -0.444 e. The Balaban J connectivity index is 2.52. The molecule has 1 aromatic carbocycles. The highest BCUT2D eigenvalue weighted by molar-refractivity contribution is 5.67. The van der Waals surface area contributed by atoms with E-state index in [9.17, 15) is 4.79 Å². The Morgan fingerprint density at radius 3 is 2.24 bits per heavy atom. The SMILES string of the molecule is CCC(C)c1ccc(C(N)CNC(=O)OC(C)(C)C)cc1. The van der Waals surface area contributed by atoms with E-state index in [1.165, 1.54) is 5.56 Å². The van der Waals surface area contributed by atoms with Gasteiger partial charge in [-0.15, -0.1) is 0 Å². The molecule has 3 N–H and O–H groups in total. The van der Waals surface area contributed by atoms with Crippen LogP contribution in [0.5, 0.6) is 0 Å². The first-order valence-corrected chi connectivity index (χ1v) is 7.55. The standard InChI is InChI=1S/C17H28N2O2/c1-6-12(2)13-7-9-14(10-8-13)15(18)11-19-16(20)21-17(3,4)5/h7-10,12,15H,6,11,18H2,1-5H3,(H,19,20). The largest absolute Gasteiger partial charge is 0.444 e. The molecule has 0 fully saturated rings. The number of benzene rings is 1. The lowest BCUT2D eigenvalue weighted by atomic mass is 9.96. The summed E-state index contributed by atoms with van der Waals surface area (Å²) in [6.07, 6.45) is 0.681. The first-order valence-electron chi connectivity index (χ1n) is 7.55.